The van der Waals surface area contributed by atoms with Crippen molar-refractivity contribution in [3.05, 3.63) is 89.5 Å². The second kappa shape index (κ2) is 12.3. The molecule has 210 valence electrons. The van der Waals surface area contributed by atoms with Crippen molar-refractivity contribution in [1.29, 1.82) is 0 Å². The molecular weight excluding hydrogens is 532 g/mol. The minimum atomic E-state index is -3.65. The maximum Gasteiger partial charge on any atom is 0.306 e. The second-order valence-electron chi connectivity index (χ2n) is 9.12. The van der Waals surface area contributed by atoms with E-state index >= 15 is 0 Å². The molecule has 0 saturated carbocycles. The quantitative estimate of drug-likeness (QED) is 0.229. The van der Waals surface area contributed by atoms with E-state index in [1.807, 2.05) is 55.5 Å². The van der Waals surface area contributed by atoms with Crippen LogP contribution in [0.4, 0.5) is 0 Å². The zero-order chi connectivity index (χ0) is 28.9. The number of rotatable bonds is 11. The summed E-state index contributed by atoms with van der Waals surface area (Å²) in [5.74, 6) is 2.25. The Morgan fingerprint density at radius 2 is 1.40 bits per heavy atom. The number of hydrogen-bond donors (Lipinski definition) is 1. The van der Waals surface area contributed by atoms with E-state index < -0.39 is 10.1 Å². The summed E-state index contributed by atoms with van der Waals surface area (Å²) in [6.07, 6.45) is 0.985. The molecule has 0 aliphatic carbocycles. The van der Waals surface area contributed by atoms with Crippen LogP contribution in [-0.4, -0.2) is 41.1 Å². The highest BCUT2D eigenvalue weighted by atomic mass is 32.2. The Bertz CT molecular complexity index is 1580. The van der Waals surface area contributed by atoms with Gasteiger partial charge in [-0.05, 0) is 53.9 Å². The Morgan fingerprint density at radius 3 is 1.98 bits per heavy atom. The molecule has 0 radical (unpaired) electrons. The van der Waals surface area contributed by atoms with Crippen molar-refractivity contribution in [3.63, 3.8) is 0 Å². The highest BCUT2D eigenvalue weighted by Crippen LogP contribution is 2.46. The van der Waals surface area contributed by atoms with Gasteiger partial charge in [0.2, 0.25) is 0 Å². The van der Waals surface area contributed by atoms with Gasteiger partial charge < -0.3 is 28.2 Å². The first kappa shape index (κ1) is 28.8. The zero-order valence-electron chi connectivity index (χ0n) is 23.1. The molecule has 8 nitrogen and oxygen atoms in total. The number of ether oxygens (including phenoxy) is 4. The Hall–Kier alpha value is -4.21. The third kappa shape index (κ3) is 6.50. The number of methoxy groups -OCH3 is 3. The lowest BCUT2D eigenvalue weighted by molar-refractivity contribution is 0.273. The molecule has 0 amide bonds. The third-order valence-electron chi connectivity index (χ3n) is 6.30. The van der Waals surface area contributed by atoms with E-state index in [2.05, 4.69) is 0 Å². The van der Waals surface area contributed by atoms with Crippen LogP contribution in [-0.2, 0) is 23.3 Å². The van der Waals surface area contributed by atoms with Crippen molar-refractivity contribution in [2.45, 2.75) is 20.1 Å². The normalized spacial score (nSPS) is 11.2. The summed E-state index contributed by atoms with van der Waals surface area (Å²) in [7, 11) is 0.999. The third-order valence-corrected chi connectivity index (χ3v) is 6.80. The molecule has 1 N–H and O–H groups in total. The number of aliphatic hydroxyl groups excluding tert-OH is 1. The fourth-order valence-corrected chi connectivity index (χ4v) is 4.88. The second-order valence-corrected chi connectivity index (χ2v) is 10.7. The minimum absolute atomic E-state index is 0.188. The number of aryl methyl sites for hydroxylation is 1. The van der Waals surface area contributed by atoms with E-state index in [1.165, 1.54) is 12.7 Å². The van der Waals surface area contributed by atoms with Crippen molar-refractivity contribution in [2.24, 2.45) is 0 Å². The molecule has 0 fully saturated rings. The molecule has 9 heteroatoms. The van der Waals surface area contributed by atoms with Gasteiger partial charge in [0.05, 0.1) is 34.2 Å². The SMILES string of the molecule is COc1cc(-c2c(OC)cc(-c3ccc(OS(C)(=O)=O)cc3)c(OC)c2CO)ccc1OCc1ccc(C)cc1. The summed E-state index contributed by atoms with van der Waals surface area (Å²) in [6.45, 7) is 2.10. The Labute approximate surface area is 234 Å². The van der Waals surface area contributed by atoms with Gasteiger partial charge in [-0.3, -0.25) is 0 Å². The molecule has 0 bridgehead atoms. The van der Waals surface area contributed by atoms with E-state index in [9.17, 15) is 13.5 Å². The lowest BCUT2D eigenvalue weighted by Crippen LogP contribution is -2.05. The van der Waals surface area contributed by atoms with Gasteiger partial charge in [0.25, 0.3) is 0 Å². The number of aliphatic hydroxyl groups is 1. The van der Waals surface area contributed by atoms with Crippen LogP contribution in [0.5, 0.6) is 28.7 Å². The van der Waals surface area contributed by atoms with Crippen LogP contribution < -0.4 is 23.1 Å². The fourth-order valence-electron chi connectivity index (χ4n) is 4.42. The minimum Gasteiger partial charge on any atom is -0.496 e. The Kier molecular flexibility index (Phi) is 8.86. The molecule has 0 unspecified atom stereocenters. The first-order valence-corrected chi connectivity index (χ1v) is 14.2. The van der Waals surface area contributed by atoms with E-state index in [4.69, 9.17) is 23.1 Å². The van der Waals surface area contributed by atoms with Crippen molar-refractivity contribution in [1.82, 2.24) is 0 Å². The van der Waals surface area contributed by atoms with Crippen molar-refractivity contribution < 1.29 is 36.7 Å². The molecule has 0 heterocycles. The van der Waals surface area contributed by atoms with Gasteiger partial charge in [0.1, 0.15) is 23.9 Å². The van der Waals surface area contributed by atoms with Gasteiger partial charge in [0, 0.05) is 16.7 Å². The lowest BCUT2D eigenvalue weighted by Gasteiger charge is -2.21. The van der Waals surface area contributed by atoms with Crippen LogP contribution in [0.1, 0.15) is 16.7 Å². The highest BCUT2D eigenvalue weighted by molar-refractivity contribution is 7.86. The van der Waals surface area contributed by atoms with Crippen LogP contribution in [0.3, 0.4) is 0 Å². The van der Waals surface area contributed by atoms with Crippen LogP contribution in [0, 0.1) is 6.92 Å². The van der Waals surface area contributed by atoms with Crippen molar-refractivity contribution >= 4 is 10.1 Å². The average molecular weight is 565 g/mol. The molecule has 40 heavy (non-hydrogen) atoms. The molecule has 0 aliphatic rings. The maximum absolute atomic E-state index is 11.5. The standard InChI is InChI=1S/C31H32O8S/c1-20-6-8-21(9-7-20)19-38-27-15-12-23(16-28(27)35-2)30-26(18-32)31(37-4)25(17-29(30)36-3)22-10-13-24(14-11-22)39-40(5,33)34/h6-17,32H,18-19H2,1-5H3. The van der Waals surface area contributed by atoms with Gasteiger partial charge in [-0.25, -0.2) is 0 Å². The summed E-state index contributed by atoms with van der Waals surface area (Å²) in [4.78, 5) is 0. The lowest BCUT2D eigenvalue weighted by atomic mass is 9.92. The summed E-state index contributed by atoms with van der Waals surface area (Å²) in [6, 6.07) is 22.0. The van der Waals surface area contributed by atoms with Crippen molar-refractivity contribution in [3.8, 4) is 51.0 Å². The van der Waals surface area contributed by atoms with Gasteiger partial charge in [-0.2, -0.15) is 8.42 Å². The molecule has 0 saturated heterocycles. The van der Waals surface area contributed by atoms with E-state index in [0.29, 0.717) is 46.3 Å². The molecule has 4 aromatic rings. The molecule has 0 spiro atoms. The summed E-state index contributed by atoms with van der Waals surface area (Å²) in [5, 5.41) is 10.5. The Morgan fingerprint density at radius 1 is 0.750 bits per heavy atom. The number of benzene rings is 4. The molecule has 0 atom stereocenters. The predicted molar refractivity (Wildman–Crippen MR) is 154 cm³/mol. The largest absolute Gasteiger partial charge is 0.496 e. The van der Waals surface area contributed by atoms with E-state index in [-0.39, 0.29) is 12.4 Å². The first-order chi connectivity index (χ1) is 19.2. The molecular formula is C31H32O8S. The van der Waals surface area contributed by atoms with Gasteiger partial charge in [-0.15, -0.1) is 0 Å². The van der Waals surface area contributed by atoms with Gasteiger partial charge in [-0.1, -0.05) is 48.0 Å². The fraction of sp³-hybridized carbons (Fsp3) is 0.226. The molecule has 4 aromatic carbocycles. The zero-order valence-corrected chi connectivity index (χ0v) is 23.9. The molecule has 0 aliphatic heterocycles. The molecule has 4 rings (SSSR count). The number of hydrogen-bond acceptors (Lipinski definition) is 8. The topological polar surface area (TPSA) is 101 Å². The van der Waals surface area contributed by atoms with Gasteiger partial charge in [0.15, 0.2) is 11.5 Å². The first-order valence-electron chi connectivity index (χ1n) is 12.4. The van der Waals surface area contributed by atoms with Gasteiger partial charge >= 0.3 is 10.1 Å². The van der Waals surface area contributed by atoms with E-state index in [0.717, 1.165) is 22.9 Å². The average Bonchev–Trinajstić information content (AvgIpc) is 2.95. The smallest absolute Gasteiger partial charge is 0.306 e. The van der Waals surface area contributed by atoms with Crippen molar-refractivity contribution in [2.75, 3.05) is 27.6 Å². The van der Waals surface area contributed by atoms with Crippen LogP contribution in [0.25, 0.3) is 22.3 Å². The van der Waals surface area contributed by atoms with Crippen LogP contribution in [0.15, 0.2) is 72.8 Å². The molecule has 0 aromatic heterocycles. The van der Waals surface area contributed by atoms with E-state index in [1.54, 1.807) is 38.5 Å². The maximum atomic E-state index is 11.5. The highest BCUT2D eigenvalue weighted by Gasteiger charge is 2.23. The summed E-state index contributed by atoms with van der Waals surface area (Å²) in [5.41, 5.74) is 5.49. The summed E-state index contributed by atoms with van der Waals surface area (Å²) >= 11 is 0. The monoisotopic (exact) mass is 564 g/mol. The van der Waals surface area contributed by atoms with Crippen LogP contribution in [0.2, 0.25) is 0 Å². The summed E-state index contributed by atoms with van der Waals surface area (Å²) < 4.78 is 51.1. The Balaban J connectivity index is 1.74. The predicted octanol–water partition coefficient (Wildman–Crippen LogP) is 5.76. The van der Waals surface area contributed by atoms with Crippen LogP contribution >= 0.6 is 0 Å².